The summed E-state index contributed by atoms with van der Waals surface area (Å²) in [5.74, 6) is -0.337. The molecule has 2 atom stereocenters. The summed E-state index contributed by atoms with van der Waals surface area (Å²) in [4.78, 5) is 8.41. The fourth-order valence-corrected chi connectivity index (χ4v) is 4.02. The molecule has 4 heterocycles. The highest BCUT2D eigenvalue weighted by Gasteiger charge is 2.44. The number of alkyl halides is 3. The van der Waals surface area contributed by atoms with Gasteiger partial charge in [-0.1, -0.05) is 18.2 Å². The number of pyridine rings is 1. The highest BCUT2D eigenvalue weighted by Crippen LogP contribution is 2.35. The standard InChI is InChI=1S/C19H19F4N3/c20-16-5-14(7-24-8-16)9-25-11-17-6-18(12-25)26(17)10-13-2-1-3-15(4-13)19(21,22)23/h1-5,7-8,17-18H,6,9-12H2. The highest BCUT2D eigenvalue weighted by molar-refractivity contribution is 5.26. The number of benzene rings is 1. The van der Waals surface area contributed by atoms with E-state index in [0.29, 0.717) is 30.7 Å². The summed E-state index contributed by atoms with van der Waals surface area (Å²) in [6.45, 7) is 2.86. The first-order chi connectivity index (χ1) is 12.4. The van der Waals surface area contributed by atoms with Gasteiger partial charge in [-0.3, -0.25) is 14.8 Å². The molecule has 2 unspecified atom stereocenters. The molecule has 2 aromatic rings. The summed E-state index contributed by atoms with van der Waals surface area (Å²) < 4.78 is 51.9. The molecular formula is C19H19F4N3. The molecule has 3 aliphatic rings. The van der Waals surface area contributed by atoms with Crippen LogP contribution in [0, 0.1) is 5.82 Å². The third-order valence-corrected chi connectivity index (χ3v) is 5.21. The Morgan fingerprint density at radius 2 is 1.77 bits per heavy atom. The smallest absolute Gasteiger partial charge is 0.296 e. The number of piperazine rings is 1. The molecule has 1 aromatic carbocycles. The van der Waals surface area contributed by atoms with E-state index in [9.17, 15) is 17.6 Å². The van der Waals surface area contributed by atoms with Crippen LogP contribution in [0.25, 0.3) is 0 Å². The Morgan fingerprint density at radius 1 is 1.00 bits per heavy atom. The summed E-state index contributed by atoms with van der Waals surface area (Å²) in [5.41, 5.74) is 0.939. The topological polar surface area (TPSA) is 19.4 Å². The Balaban J connectivity index is 1.37. The van der Waals surface area contributed by atoms with Crippen LogP contribution in [-0.4, -0.2) is 40.0 Å². The van der Waals surface area contributed by atoms with Gasteiger partial charge in [-0.2, -0.15) is 13.2 Å². The number of aromatic nitrogens is 1. The molecule has 138 valence electrons. The van der Waals surface area contributed by atoms with Crippen LogP contribution in [0.4, 0.5) is 17.6 Å². The van der Waals surface area contributed by atoms with E-state index in [1.54, 1.807) is 12.3 Å². The molecule has 0 N–H and O–H groups in total. The van der Waals surface area contributed by atoms with Crippen molar-refractivity contribution >= 4 is 0 Å². The summed E-state index contributed by atoms with van der Waals surface area (Å²) in [7, 11) is 0. The number of hydrogen-bond donors (Lipinski definition) is 0. The number of nitrogens with zero attached hydrogens (tertiary/aromatic N) is 3. The van der Waals surface area contributed by atoms with Crippen molar-refractivity contribution in [3.63, 3.8) is 0 Å². The molecule has 0 amide bonds. The van der Waals surface area contributed by atoms with Crippen molar-refractivity contribution in [3.05, 3.63) is 65.2 Å². The molecule has 3 nitrogen and oxygen atoms in total. The Kier molecular flexibility index (Phi) is 4.44. The molecule has 3 saturated heterocycles. The predicted molar refractivity (Wildman–Crippen MR) is 88.7 cm³/mol. The zero-order valence-corrected chi connectivity index (χ0v) is 14.1. The predicted octanol–water partition coefficient (Wildman–Crippen LogP) is 3.70. The number of halogens is 4. The Bertz CT molecular complexity index is 780. The molecule has 3 fully saturated rings. The van der Waals surface area contributed by atoms with Crippen LogP contribution in [0.15, 0.2) is 42.7 Å². The number of rotatable bonds is 4. The SMILES string of the molecule is Fc1cncc(CN2CC3CC(C2)N3Cc2cccc(C(F)(F)F)c2)c1. The van der Waals surface area contributed by atoms with E-state index in [1.807, 2.05) is 0 Å². The summed E-state index contributed by atoms with van der Waals surface area (Å²) >= 11 is 0. The fourth-order valence-electron chi connectivity index (χ4n) is 4.02. The maximum Gasteiger partial charge on any atom is 0.416 e. The Hall–Kier alpha value is -1.99. The van der Waals surface area contributed by atoms with Crippen LogP contribution in [-0.2, 0) is 19.3 Å². The second-order valence-corrected chi connectivity index (χ2v) is 7.12. The van der Waals surface area contributed by atoms with E-state index in [2.05, 4.69) is 14.8 Å². The monoisotopic (exact) mass is 365 g/mol. The van der Waals surface area contributed by atoms with Gasteiger partial charge in [0, 0.05) is 44.5 Å². The first-order valence-electron chi connectivity index (χ1n) is 8.62. The zero-order chi connectivity index (χ0) is 18.3. The van der Waals surface area contributed by atoms with Crippen LogP contribution in [0.2, 0.25) is 0 Å². The van der Waals surface area contributed by atoms with Gasteiger partial charge in [-0.25, -0.2) is 4.39 Å². The quantitative estimate of drug-likeness (QED) is 0.771. The van der Waals surface area contributed by atoms with E-state index in [4.69, 9.17) is 0 Å². The first kappa shape index (κ1) is 17.4. The average molecular weight is 365 g/mol. The molecule has 1 aromatic heterocycles. The minimum Gasteiger partial charge on any atom is -0.296 e. The molecule has 0 aliphatic carbocycles. The van der Waals surface area contributed by atoms with Crippen LogP contribution in [0.1, 0.15) is 23.1 Å². The number of fused-ring (bicyclic) bond motifs is 2. The largest absolute Gasteiger partial charge is 0.416 e. The zero-order valence-electron chi connectivity index (χ0n) is 14.1. The van der Waals surface area contributed by atoms with Gasteiger partial charge in [0.15, 0.2) is 0 Å². The maximum absolute atomic E-state index is 13.3. The van der Waals surface area contributed by atoms with Gasteiger partial charge >= 0.3 is 6.18 Å². The molecular weight excluding hydrogens is 346 g/mol. The molecule has 3 aliphatic heterocycles. The molecule has 7 heteroatoms. The summed E-state index contributed by atoms with van der Waals surface area (Å²) in [6.07, 6.45) is -0.384. The van der Waals surface area contributed by atoms with Gasteiger partial charge in [0.2, 0.25) is 0 Å². The van der Waals surface area contributed by atoms with Crippen molar-refractivity contribution in [3.8, 4) is 0 Å². The molecule has 26 heavy (non-hydrogen) atoms. The van der Waals surface area contributed by atoms with Crippen LogP contribution < -0.4 is 0 Å². The average Bonchev–Trinajstić information content (AvgIpc) is 2.59. The molecule has 0 saturated carbocycles. The van der Waals surface area contributed by atoms with Gasteiger partial charge in [0.25, 0.3) is 0 Å². The van der Waals surface area contributed by atoms with Crippen LogP contribution in [0.5, 0.6) is 0 Å². The number of hydrogen-bond acceptors (Lipinski definition) is 3. The van der Waals surface area contributed by atoms with E-state index in [1.165, 1.54) is 24.4 Å². The number of piperidine rings is 1. The normalized spacial score (nSPS) is 23.7. The highest BCUT2D eigenvalue weighted by atomic mass is 19.4. The maximum atomic E-state index is 13.3. The Morgan fingerprint density at radius 3 is 2.46 bits per heavy atom. The van der Waals surface area contributed by atoms with E-state index >= 15 is 0 Å². The lowest BCUT2D eigenvalue weighted by Gasteiger charge is -2.56. The summed E-state index contributed by atoms with van der Waals surface area (Å²) in [6, 6.07) is 7.73. The van der Waals surface area contributed by atoms with Crippen molar-refractivity contribution in [2.24, 2.45) is 0 Å². The van der Waals surface area contributed by atoms with Gasteiger partial charge in [0.1, 0.15) is 5.82 Å². The van der Waals surface area contributed by atoms with Crippen LogP contribution in [0.3, 0.4) is 0 Å². The molecule has 5 rings (SSSR count). The second-order valence-electron chi connectivity index (χ2n) is 7.12. The molecule has 0 radical (unpaired) electrons. The lowest BCUT2D eigenvalue weighted by atomic mass is 9.86. The summed E-state index contributed by atoms with van der Waals surface area (Å²) in [5, 5.41) is 0. The second kappa shape index (κ2) is 6.63. The van der Waals surface area contributed by atoms with Gasteiger partial charge in [0.05, 0.1) is 11.8 Å². The minimum absolute atomic E-state index is 0.337. The third kappa shape index (κ3) is 3.59. The van der Waals surface area contributed by atoms with Crippen LogP contribution >= 0.6 is 0 Å². The van der Waals surface area contributed by atoms with Gasteiger partial charge in [-0.15, -0.1) is 0 Å². The van der Waals surface area contributed by atoms with Crippen molar-refractivity contribution in [2.45, 2.75) is 37.8 Å². The van der Waals surface area contributed by atoms with E-state index < -0.39 is 11.7 Å². The van der Waals surface area contributed by atoms with E-state index in [0.717, 1.165) is 31.1 Å². The molecule has 0 spiro atoms. The first-order valence-corrected chi connectivity index (χ1v) is 8.62. The van der Waals surface area contributed by atoms with Crippen molar-refractivity contribution in [1.29, 1.82) is 0 Å². The lowest BCUT2D eigenvalue weighted by Crippen LogP contribution is -2.67. The lowest BCUT2D eigenvalue weighted by molar-refractivity contribution is -0.137. The van der Waals surface area contributed by atoms with Gasteiger partial charge in [-0.05, 0) is 29.7 Å². The van der Waals surface area contributed by atoms with Crippen molar-refractivity contribution in [1.82, 2.24) is 14.8 Å². The molecule has 2 bridgehead atoms. The Labute approximate surface area is 149 Å². The fraction of sp³-hybridized carbons (Fsp3) is 0.421. The van der Waals surface area contributed by atoms with Crippen molar-refractivity contribution in [2.75, 3.05) is 13.1 Å². The third-order valence-electron chi connectivity index (χ3n) is 5.21. The van der Waals surface area contributed by atoms with E-state index in [-0.39, 0.29) is 5.82 Å². The van der Waals surface area contributed by atoms with Crippen molar-refractivity contribution < 1.29 is 17.6 Å². The minimum atomic E-state index is -4.31. The van der Waals surface area contributed by atoms with Gasteiger partial charge < -0.3 is 0 Å².